The summed E-state index contributed by atoms with van der Waals surface area (Å²) in [5.41, 5.74) is 0.724. The molecular formula is C19H28N4O2. The van der Waals surface area contributed by atoms with E-state index in [2.05, 4.69) is 15.5 Å². The number of carbonyl (C=O) groups is 2. The highest BCUT2D eigenvalue weighted by atomic mass is 16.2. The predicted octanol–water partition coefficient (Wildman–Crippen LogP) is 0.560. The second-order valence-electron chi connectivity index (χ2n) is 6.82. The van der Waals surface area contributed by atoms with Crippen LogP contribution in [0.4, 0.5) is 0 Å². The summed E-state index contributed by atoms with van der Waals surface area (Å²) < 4.78 is 0. The molecule has 2 fully saturated rings. The van der Waals surface area contributed by atoms with Crippen LogP contribution in [0.3, 0.4) is 0 Å². The van der Waals surface area contributed by atoms with Gasteiger partial charge >= 0.3 is 0 Å². The average molecular weight is 344 g/mol. The first-order chi connectivity index (χ1) is 12.2. The summed E-state index contributed by atoms with van der Waals surface area (Å²) in [6, 6.07) is 9.36. The van der Waals surface area contributed by atoms with Crippen LogP contribution >= 0.6 is 0 Å². The zero-order valence-corrected chi connectivity index (χ0v) is 14.7. The lowest BCUT2D eigenvalue weighted by atomic mass is 9.95. The van der Waals surface area contributed by atoms with Crippen molar-refractivity contribution in [3.05, 3.63) is 35.9 Å². The van der Waals surface area contributed by atoms with Crippen LogP contribution in [0, 0.1) is 5.92 Å². The Bertz CT molecular complexity index is 564. The third kappa shape index (κ3) is 5.03. The smallest absolute Gasteiger partial charge is 0.253 e. The van der Waals surface area contributed by atoms with Gasteiger partial charge < -0.3 is 15.5 Å². The van der Waals surface area contributed by atoms with Gasteiger partial charge in [0, 0.05) is 63.8 Å². The lowest BCUT2D eigenvalue weighted by Crippen LogP contribution is -2.47. The van der Waals surface area contributed by atoms with Crippen LogP contribution in [-0.4, -0.2) is 74.0 Å². The Morgan fingerprint density at radius 3 is 2.40 bits per heavy atom. The zero-order chi connectivity index (χ0) is 17.5. The van der Waals surface area contributed by atoms with Gasteiger partial charge in [-0.25, -0.2) is 0 Å². The number of piperazine rings is 1. The number of rotatable bonds is 5. The van der Waals surface area contributed by atoms with Crippen molar-refractivity contribution in [1.82, 2.24) is 20.4 Å². The van der Waals surface area contributed by atoms with Gasteiger partial charge in [-0.2, -0.15) is 0 Å². The molecule has 0 radical (unpaired) electrons. The first kappa shape index (κ1) is 17.9. The fourth-order valence-corrected chi connectivity index (χ4v) is 3.52. The van der Waals surface area contributed by atoms with Crippen LogP contribution < -0.4 is 10.6 Å². The van der Waals surface area contributed by atoms with E-state index in [1.807, 2.05) is 35.2 Å². The van der Waals surface area contributed by atoms with Crippen molar-refractivity contribution >= 4 is 11.8 Å². The molecule has 0 aromatic heterocycles. The Morgan fingerprint density at radius 2 is 1.72 bits per heavy atom. The van der Waals surface area contributed by atoms with E-state index < -0.39 is 0 Å². The normalized spacial score (nSPS) is 19.6. The van der Waals surface area contributed by atoms with E-state index in [1.165, 1.54) is 0 Å². The van der Waals surface area contributed by atoms with Crippen molar-refractivity contribution in [2.75, 3.05) is 52.4 Å². The maximum atomic E-state index is 12.4. The predicted molar refractivity (Wildman–Crippen MR) is 97.4 cm³/mol. The first-order valence-corrected chi connectivity index (χ1v) is 9.29. The Morgan fingerprint density at radius 1 is 1.04 bits per heavy atom. The van der Waals surface area contributed by atoms with Crippen molar-refractivity contribution in [2.24, 2.45) is 5.92 Å². The van der Waals surface area contributed by atoms with Gasteiger partial charge in [0.25, 0.3) is 5.91 Å². The fraction of sp³-hybridized carbons (Fsp3) is 0.579. The highest BCUT2D eigenvalue weighted by Crippen LogP contribution is 2.19. The third-order valence-corrected chi connectivity index (χ3v) is 5.11. The second kappa shape index (κ2) is 8.97. The molecule has 2 saturated heterocycles. The van der Waals surface area contributed by atoms with E-state index in [9.17, 15) is 9.59 Å². The summed E-state index contributed by atoms with van der Waals surface area (Å²) >= 11 is 0. The molecule has 3 rings (SSSR count). The van der Waals surface area contributed by atoms with E-state index in [1.54, 1.807) is 0 Å². The molecule has 6 nitrogen and oxygen atoms in total. The lowest BCUT2D eigenvalue weighted by Gasteiger charge is -2.32. The van der Waals surface area contributed by atoms with Gasteiger partial charge in [-0.15, -0.1) is 0 Å². The van der Waals surface area contributed by atoms with E-state index in [0.29, 0.717) is 19.6 Å². The number of nitrogens with zero attached hydrogens (tertiary/aromatic N) is 2. The molecule has 0 aliphatic carbocycles. The van der Waals surface area contributed by atoms with Crippen LogP contribution in [0.5, 0.6) is 0 Å². The number of carbonyl (C=O) groups excluding carboxylic acids is 2. The lowest BCUT2D eigenvalue weighted by molar-refractivity contribution is -0.126. The van der Waals surface area contributed by atoms with Crippen LogP contribution in [0.15, 0.2) is 30.3 Å². The summed E-state index contributed by atoms with van der Waals surface area (Å²) in [6.45, 7) is 7.10. The van der Waals surface area contributed by atoms with Crippen molar-refractivity contribution < 1.29 is 9.59 Å². The molecule has 2 aliphatic heterocycles. The molecule has 1 aromatic carbocycles. The maximum absolute atomic E-state index is 12.4. The standard InChI is InChI=1S/C19H28N4O2/c24-18(21-10-15-22-13-8-20-9-14-22)16-6-11-23(12-7-16)19(25)17-4-2-1-3-5-17/h1-5,16,20H,6-15H2,(H,21,24). The highest BCUT2D eigenvalue weighted by Gasteiger charge is 2.27. The Kier molecular flexibility index (Phi) is 6.42. The summed E-state index contributed by atoms with van der Waals surface area (Å²) in [5.74, 6) is 0.239. The van der Waals surface area contributed by atoms with E-state index in [4.69, 9.17) is 0 Å². The van der Waals surface area contributed by atoms with E-state index >= 15 is 0 Å². The van der Waals surface area contributed by atoms with Gasteiger partial charge in [0.05, 0.1) is 0 Å². The number of hydrogen-bond acceptors (Lipinski definition) is 4. The molecule has 2 aliphatic rings. The molecule has 0 bridgehead atoms. The molecule has 0 saturated carbocycles. The topological polar surface area (TPSA) is 64.7 Å². The van der Waals surface area contributed by atoms with Crippen LogP contribution in [0.1, 0.15) is 23.2 Å². The number of benzene rings is 1. The van der Waals surface area contributed by atoms with Gasteiger partial charge in [-0.1, -0.05) is 18.2 Å². The van der Waals surface area contributed by atoms with Gasteiger partial charge in [0.2, 0.25) is 5.91 Å². The summed E-state index contributed by atoms with van der Waals surface area (Å²) in [7, 11) is 0. The molecule has 2 N–H and O–H groups in total. The SMILES string of the molecule is O=C(NCCN1CCNCC1)C1CCN(C(=O)c2ccccc2)CC1. The second-order valence-corrected chi connectivity index (χ2v) is 6.82. The summed E-state index contributed by atoms with van der Waals surface area (Å²) in [5, 5.41) is 6.40. The van der Waals surface area contributed by atoms with Gasteiger partial charge in [0.15, 0.2) is 0 Å². The van der Waals surface area contributed by atoms with Gasteiger partial charge in [0.1, 0.15) is 0 Å². The first-order valence-electron chi connectivity index (χ1n) is 9.29. The van der Waals surface area contributed by atoms with Crippen LogP contribution in [0.25, 0.3) is 0 Å². The minimum atomic E-state index is 0.0304. The Labute approximate surface area is 149 Å². The minimum Gasteiger partial charge on any atom is -0.355 e. The molecule has 1 aromatic rings. The van der Waals surface area contributed by atoms with Crippen LogP contribution in [-0.2, 0) is 4.79 Å². The molecular weight excluding hydrogens is 316 g/mol. The molecule has 6 heteroatoms. The van der Waals surface area contributed by atoms with Gasteiger partial charge in [-0.05, 0) is 25.0 Å². The number of amides is 2. The molecule has 136 valence electrons. The van der Waals surface area contributed by atoms with Crippen molar-refractivity contribution in [3.8, 4) is 0 Å². The number of piperidine rings is 1. The van der Waals surface area contributed by atoms with E-state index in [0.717, 1.165) is 51.1 Å². The number of hydrogen-bond donors (Lipinski definition) is 2. The molecule has 0 spiro atoms. The van der Waals surface area contributed by atoms with Gasteiger partial charge in [-0.3, -0.25) is 14.5 Å². The van der Waals surface area contributed by atoms with Crippen molar-refractivity contribution in [3.63, 3.8) is 0 Å². The molecule has 25 heavy (non-hydrogen) atoms. The van der Waals surface area contributed by atoms with Crippen molar-refractivity contribution in [2.45, 2.75) is 12.8 Å². The highest BCUT2D eigenvalue weighted by molar-refractivity contribution is 5.94. The number of likely N-dealkylation sites (tertiary alicyclic amines) is 1. The Hall–Kier alpha value is -1.92. The maximum Gasteiger partial charge on any atom is 0.253 e. The van der Waals surface area contributed by atoms with E-state index in [-0.39, 0.29) is 17.7 Å². The zero-order valence-electron chi connectivity index (χ0n) is 14.7. The number of nitrogens with one attached hydrogen (secondary N) is 2. The third-order valence-electron chi connectivity index (χ3n) is 5.11. The molecule has 0 atom stereocenters. The quantitative estimate of drug-likeness (QED) is 0.819. The molecule has 2 heterocycles. The fourth-order valence-electron chi connectivity index (χ4n) is 3.52. The monoisotopic (exact) mass is 344 g/mol. The average Bonchev–Trinajstić information content (AvgIpc) is 2.69. The summed E-state index contributed by atoms with van der Waals surface area (Å²) in [6.07, 6.45) is 1.50. The molecule has 0 unspecified atom stereocenters. The Balaban J connectivity index is 1.38. The largest absolute Gasteiger partial charge is 0.355 e. The van der Waals surface area contributed by atoms with Crippen molar-refractivity contribution in [1.29, 1.82) is 0 Å². The summed E-state index contributed by atoms with van der Waals surface area (Å²) in [4.78, 5) is 29.0. The van der Waals surface area contributed by atoms with Crippen LogP contribution in [0.2, 0.25) is 0 Å². The minimum absolute atomic E-state index is 0.0304. The molecule has 2 amide bonds.